The smallest absolute Gasteiger partial charge is 0.870 e. The number of halogens is 3. The van der Waals surface area contributed by atoms with Crippen molar-refractivity contribution >= 4 is 17.4 Å². The van der Waals surface area contributed by atoms with E-state index in [0.717, 1.165) is 22.9 Å². The molecular weight excluding hydrogens is 414 g/mol. The molecule has 1 aromatic carbocycles. The number of aromatic carboxylic acids is 1. The molecule has 3 aromatic rings. The number of fused-ring (bicyclic) bond motifs is 1. The third-order valence-electron chi connectivity index (χ3n) is 4.95. The number of hydrogen-bond acceptors (Lipinski definition) is 6. The van der Waals surface area contributed by atoms with Gasteiger partial charge in [-0.15, -0.1) is 15.3 Å². The third-order valence-corrected chi connectivity index (χ3v) is 4.95. The van der Waals surface area contributed by atoms with Crippen LogP contribution in [0.15, 0.2) is 36.4 Å². The molecule has 3 heterocycles. The molecule has 0 aliphatic carbocycles. The van der Waals surface area contributed by atoms with Gasteiger partial charge in [0.1, 0.15) is 5.82 Å². The molecule has 0 spiro atoms. The second kappa shape index (κ2) is 10.1. The standard InChI is InChI=1S/C18H16F3N5O2.Li.2H2O/c19-18(20,21)17-23-22-14-5-6-15(24-26(14)17)25-9-7-12(8-10-25)11-1-3-13(4-2-11)16(27)28;;;/h1-6,12H,7-10H2,(H,27,28);;2*1H2/q;+1;;/p-1. The first-order valence-corrected chi connectivity index (χ1v) is 8.71. The fraction of sp³-hybridized carbons (Fsp3) is 0.333. The SMILES string of the molecule is O.O=C(O)c1ccc(C2CCN(c3ccc4nnc(C(F)(F)F)n4n3)CC2)cc1.[Li+].[OH-]. The summed E-state index contributed by atoms with van der Waals surface area (Å²) in [6.45, 7) is 1.26. The monoisotopic (exact) mass is 433 g/mol. The van der Waals surface area contributed by atoms with Crippen LogP contribution in [0.1, 0.15) is 40.5 Å². The number of rotatable bonds is 3. The number of piperidine rings is 1. The Labute approximate surface area is 186 Å². The molecule has 0 radical (unpaired) electrons. The minimum atomic E-state index is -4.62. The van der Waals surface area contributed by atoms with Crippen LogP contribution in [0.4, 0.5) is 19.0 Å². The summed E-state index contributed by atoms with van der Waals surface area (Å²) in [5.41, 5.74) is 1.35. The average molecular weight is 433 g/mol. The molecule has 1 aliphatic rings. The van der Waals surface area contributed by atoms with Crippen molar-refractivity contribution in [3.05, 3.63) is 53.3 Å². The van der Waals surface area contributed by atoms with Gasteiger partial charge in [-0.05, 0) is 48.6 Å². The quantitative estimate of drug-likeness (QED) is 0.534. The fourth-order valence-corrected chi connectivity index (χ4v) is 3.46. The van der Waals surface area contributed by atoms with Gasteiger partial charge < -0.3 is 21.0 Å². The van der Waals surface area contributed by atoms with Gasteiger partial charge in [0.05, 0.1) is 5.56 Å². The Hall–Kier alpha value is -2.65. The molecule has 1 saturated heterocycles. The second-order valence-electron chi connectivity index (χ2n) is 6.67. The van der Waals surface area contributed by atoms with Gasteiger partial charge >= 0.3 is 31.0 Å². The second-order valence-corrected chi connectivity index (χ2v) is 6.67. The minimum Gasteiger partial charge on any atom is -0.870 e. The molecule has 0 unspecified atom stereocenters. The van der Waals surface area contributed by atoms with Gasteiger partial charge in [0.2, 0.25) is 0 Å². The maximum Gasteiger partial charge on any atom is 1.00 e. The molecule has 0 atom stereocenters. The number of carboxylic acids is 1. The van der Waals surface area contributed by atoms with Crippen LogP contribution in [-0.4, -0.2) is 54.9 Å². The molecule has 31 heavy (non-hydrogen) atoms. The van der Waals surface area contributed by atoms with E-state index in [1.807, 2.05) is 17.0 Å². The van der Waals surface area contributed by atoms with E-state index in [9.17, 15) is 18.0 Å². The van der Waals surface area contributed by atoms with Crippen LogP contribution in [0.5, 0.6) is 0 Å². The van der Waals surface area contributed by atoms with Crippen molar-refractivity contribution in [1.29, 1.82) is 0 Å². The summed E-state index contributed by atoms with van der Waals surface area (Å²) in [4.78, 5) is 12.9. The molecule has 0 saturated carbocycles. The van der Waals surface area contributed by atoms with Crippen LogP contribution in [0.2, 0.25) is 0 Å². The number of aromatic nitrogens is 4. The van der Waals surface area contributed by atoms with Crippen LogP contribution < -0.4 is 23.8 Å². The number of anilines is 1. The molecule has 4 N–H and O–H groups in total. The van der Waals surface area contributed by atoms with Gasteiger partial charge in [0.25, 0.3) is 5.82 Å². The summed E-state index contributed by atoms with van der Waals surface area (Å²) < 4.78 is 39.8. The Bertz CT molecular complexity index is 1020. The van der Waals surface area contributed by atoms with E-state index >= 15 is 0 Å². The maximum atomic E-state index is 13.0. The van der Waals surface area contributed by atoms with Crippen LogP contribution in [0.25, 0.3) is 5.65 Å². The summed E-state index contributed by atoms with van der Waals surface area (Å²) in [5.74, 6) is -1.39. The van der Waals surface area contributed by atoms with Gasteiger partial charge in [0.15, 0.2) is 5.65 Å². The zero-order chi connectivity index (χ0) is 19.9. The Morgan fingerprint density at radius 3 is 2.19 bits per heavy atom. The Kier molecular flexibility index (Phi) is 8.60. The summed E-state index contributed by atoms with van der Waals surface area (Å²) in [7, 11) is 0. The van der Waals surface area contributed by atoms with Crippen molar-refractivity contribution in [3.8, 4) is 0 Å². The van der Waals surface area contributed by atoms with Gasteiger partial charge in [-0.1, -0.05) is 12.1 Å². The first-order valence-electron chi connectivity index (χ1n) is 8.71. The maximum absolute atomic E-state index is 13.0. The summed E-state index contributed by atoms with van der Waals surface area (Å²) in [6, 6.07) is 9.93. The van der Waals surface area contributed by atoms with Gasteiger partial charge in [-0.25, -0.2) is 4.79 Å². The normalized spacial score (nSPS) is 14.4. The van der Waals surface area contributed by atoms with E-state index in [1.165, 1.54) is 6.07 Å². The van der Waals surface area contributed by atoms with Crippen molar-refractivity contribution in [2.75, 3.05) is 18.0 Å². The number of carbonyl (C=O) groups is 1. The molecule has 0 amide bonds. The number of alkyl halides is 3. The van der Waals surface area contributed by atoms with Crippen molar-refractivity contribution in [3.63, 3.8) is 0 Å². The molecule has 13 heteroatoms. The van der Waals surface area contributed by atoms with Crippen LogP contribution in [-0.2, 0) is 6.18 Å². The average Bonchev–Trinajstić information content (AvgIpc) is 3.12. The van der Waals surface area contributed by atoms with Crippen molar-refractivity contribution in [1.82, 2.24) is 19.8 Å². The van der Waals surface area contributed by atoms with Gasteiger partial charge in [-0.2, -0.15) is 17.7 Å². The number of benzene rings is 1. The molecule has 2 aromatic heterocycles. The summed E-state index contributed by atoms with van der Waals surface area (Å²) in [6.07, 6.45) is -3.04. The molecule has 4 rings (SSSR count). The minimum absolute atomic E-state index is 0. The number of nitrogens with zero attached hydrogens (tertiary/aromatic N) is 5. The van der Waals surface area contributed by atoms with Crippen LogP contribution >= 0.6 is 0 Å². The molecule has 162 valence electrons. The third kappa shape index (κ3) is 5.34. The summed E-state index contributed by atoms with van der Waals surface area (Å²) in [5, 5.41) is 19.8. The number of hydrogen-bond donors (Lipinski definition) is 1. The Morgan fingerprint density at radius 2 is 1.65 bits per heavy atom. The van der Waals surface area contributed by atoms with Crippen molar-refractivity contribution in [2.45, 2.75) is 24.9 Å². The molecule has 1 fully saturated rings. The predicted octanol–water partition coefficient (Wildman–Crippen LogP) is -0.772. The van der Waals surface area contributed by atoms with Crippen molar-refractivity contribution in [2.24, 2.45) is 0 Å². The molecule has 0 bridgehead atoms. The van der Waals surface area contributed by atoms with Gasteiger partial charge in [-0.3, -0.25) is 0 Å². The van der Waals surface area contributed by atoms with E-state index in [1.54, 1.807) is 18.2 Å². The Morgan fingerprint density at radius 1 is 1.03 bits per heavy atom. The van der Waals surface area contributed by atoms with Gasteiger partial charge in [0, 0.05) is 13.1 Å². The molecular formula is C18H19F3LiN5O4. The predicted molar refractivity (Wildman–Crippen MR) is 98.9 cm³/mol. The first kappa shape index (κ1) is 26.4. The molecule has 9 nitrogen and oxygen atoms in total. The molecule has 1 aliphatic heterocycles. The van der Waals surface area contributed by atoms with Crippen LogP contribution in [0, 0.1) is 0 Å². The summed E-state index contributed by atoms with van der Waals surface area (Å²) >= 11 is 0. The van der Waals surface area contributed by atoms with E-state index in [0.29, 0.717) is 18.9 Å². The topological polar surface area (TPSA) is 145 Å². The fourth-order valence-electron chi connectivity index (χ4n) is 3.46. The zero-order valence-corrected chi connectivity index (χ0v) is 16.5. The zero-order valence-electron chi connectivity index (χ0n) is 16.5. The van der Waals surface area contributed by atoms with Crippen LogP contribution in [0.3, 0.4) is 0 Å². The van der Waals surface area contributed by atoms with E-state index in [-0.39, 0.29) is 46.9 Å². The van der Waals surface area contributed by atoms with Crippen molar-refractivity contribution < 1.29 is 52.9 Å². The number of carboxylic acid groups (broad SMARTS) is 1. The Balaban J connectivity index is 0.00000160. The van der Waals surface area contributed by atoms with E-state index in [4.69, 9.17) is 5.11 Å². The van der Waals surface area contributed by atoms with E-state index < -0.39 is 18.0 Å². The largest absolute Gasteiger partial charge is 1.00 e. The van der Waals surface area contributed by atoms with E-state index in [2.05, 4.69) is 15.3 Å². The first-order chi connectivity index (χ1) is 13.3.